The SMILES string of the molecule is CC(NO)[C@H]1CC(=O)N(C(C)c2ccccc2)C1.C[C@H](NO)[C@@H]1CC(=O)N([C@@H](C)c2ccccc2)C1. The second-order valence-corrected chi connectivity index (χ2v) is 10.0. The van der Waals surface area contributed by atoms with Gasteiger partial charge in [-0.15, -0.1) is 0 Å². The summed E-state index contributed by atoms with van der Waals surface area (Å²) in [5.74, 6) is 0.680. The molecular weight excluding hydrogens is 456 g/mol. The van der Waals surface area contributed by atoms with Crippen molar-refractivity contribution in [2.45, 2.75) is 64.7 Å². The molecule has 2 aliphatic heterocycles. The van der Waals surface area contributed by atoms with Crippen molar-refractivity contribution < 1.29 is 20.0 Å². The summed E-state index contributed by atoms with van der Waals surface area (Å²) in [5.41, 5.74) is 6.79. The summed E-state index contributed by atoms with van der Waals surface area (Å²) < 4.78 is 0. The number of hydrogen-bond acceptors (Lipinski definition) is 6. The smallest absolute Gasteiger partial charge is 0.223 e. The lowest BCUT2D eigenvalue weighted by Crippen LogP contribution is -2.34. The maximum Gasteiger partial charge on any atom is 0.223 e. The lowest BCUT2D eigenvalue weighted by atomic mass is 10.0. The van der Waals surface area contributed by atoms with Gasteiger partial charge in [0.05, 0.1) is 12.1 Å². The first-order valence-electron chi connectivity index (χ1n) is 12.7. The van der Waals surface area contributed by atoms with Gasteiger partial charge in [0.25, 0.3) is 0 Å². The average molecular weight is 497 g/mol. The first-order chi connectivity index (χ1) is 17.3. The highest BCUT2D eigenvalue weighted by Gasteiger charge is 2.36. The molecular formula is C28H40N4O4. The number of rotatable bonds is 8. The van der Waals surface area contributed by atoms with E-state index in [-0.39, 0.29) is 47.8 Å². The van der Waals surface area contributed by atoms with Crippen LogP contribution in [0.4, 0.5) is 0 Å². The minimum absolute atomic E-state index is 0.0538. The molecule has 4 N–H and O–H groups in total. The molecule has 0 spiro atoms. The van der Waals surface area contributed by atoms with E-state index in [4.69, 9.17) is 10.4 Å². The third-order valence-electron chi connectivity index (χ3n) is 7.70. The molecule has 0 aliphatic carbocycles. The number of benzene rings is 2. The number of nitrogens with zero attached hydrogens (tertiary/aromatic N) is 2. The molecule has 196 valence electrons. The van der Waals surface area contributed by atoms with Crippen LogP contribution in [0.25, 0.3) is 0 Å². The lowest BCUT2D eigenvalue weighted by Gasteiger charge is -2.26. The van der Waals surface area contributed by atoms with Crippen LogP contribution in [0.2, 0.25) is 0 Å². The van der Waals surface area contributed by atoms with Crippen LogP contribution in [0, 0.1) is 11.8 Å². The summed E-state index contributed by atoms with van der Waals surface area (Å²) >= 11 is 0. The van der Waals surface area contributed by atoms with Gasteiger partial charge >= 0.3 is 0 Å². The molecule has 2 saturated heterocycles. The van der Waals surface area contributed by atoms with Crippen LogP contribution in [0.5, 0.6) is 0 Å². The highest BCUT2D eigenvalue weighted by molar-refractivity contribution is 5.79. The zero-order valence-electron chi connectivity index (χ0n) is 21.7. The molecule has 2 unspecified atom stereocenters. The van der Waals surface area contributed by atoms with Crippen molar-refractivity contribution in [2.24, 2.45) is 11.8 Å². The molecule has 2 aliphatic rings. The molecule has 0 bridgehead atoms. The van der Waals surface area contributed by atoms with Crippen LogP contribution in [-0.2, 0) is 9.59 Å². The molecule has 2 amide bonds. The number of amides is 2. The normalized spacial score (nSPS) is 23.2. The van der Waals surface area contributed by atoms with Gasteiger partial charge < -0.3 is 20.2 Å². The highest BCUT2D eigenvalue weighted by Crippen LogP contribution is 2.30. The lowest BCUT2D eigenvalue weighted by molar-refractivity contribution is -0.130. The van der Waals surface area contributed by atoms with E-state index in [1.54, 1.807) is 0 Å². The number of hydrogen-bond donors (Lipinski definition) is 4. The zero-order chi connectivity index (χ0) is 26.2. The molecule has 0 radical (unpaired) electrons. The van der Waals surface area contributed by atoms with Gasteiger partial charge in [0.15, 0.2) is 0 Å². The summed E-state index contributed by atoms with van der Waals surface area (Å²) in [6, 6.07) is 20.1. The van der Waals surface area contributed by atoms with Gasteiger partial charge in [0, 0.05) is 49.9 Å². The Morgan fingerprint density at radius 1 is 0.667 bits per heavy atom. The minimum atomic E-state index is -0.0538. The molecule has 2 aromatic carbocycles. The number of hydroxylamine groups is 2. The van der Waals surface area contributed by atoms with Crippen molar-refractivity contribution in [3.05, 3.63) is 71.8 Å². The van der Waals surface area contributed by atoms with Gasteiger partial charge in [0.1, 0.15) is 0 Å². The van der Waals surface area contributed by atoms with E-state index in [2.05, 4.69) is 11.0 Å². The fourth-order valence-electron chi connectivity index (χ4n) is 4.97. The predicted octanol–water partition coefficient (Wildman–Crippen LogP) is 3.93. The fraction of sp³-hybridized carbons (Fsp3) is 0.500. The molecule has 2 aromatic rings. The van der Waals surface area contributed by atoms with Crippen molar-refractivity contribution in [3.8, 4) is 0 Å². The standard InChI is InChI=1S/2C14H20N2O2/c2*1-10(15-18)13-8-14(17)16(9-13)11(2)12-6-4-3-5-7-12/h2*3-7,10-11,13,15,18H,8-9H2,1-2H3/t10?,11?,13-;10-,11-,13+/m00/s1. The first-order valence-corrected chi connectivity index (χ1v) is 12.7. The van der Waals surface area contributed by atoms with E-state index in [1.807, 2.05) is 98.2 Å². The van der Waals surface area contributed by atoms with Crippen LogP contribution >= 0.6 is 0 Å². The Kier molecular flexibility index (Phi) is 10.0. The Bertz CT molecular complexity index is 895. The minimum Gasteiger partial charge on any atom is -0.336 e. The Balaban J connectivity index is 0.000000201. The summed E-state index contributed by atoms with van der Waals surface area (Å²) in [6.07, 6.45) is 1.01. The maximum absolute atomic E-state index is 12.0. The maximum atomic E-state index is 12.0. The largest absolute Gasteiger partial charge is 0.336 e. The van der Waals surface area contributed by atoms with Crippen molar-refractivity contribution in [2.75, 3.05) is 13.1 Å². The van der Waals surface area contributed by atoms with E-state index >= 15 is 0 Å². The second-order valence-electron chi connectivity index (χ2n) is 10.0. The molecule has 8 nitrogen and oxygen atoms in total. The van der Waals surface area contributed by atoms with Crippen molar-refractivity contribution >= 4 is 11.8 Å². The van der Waals surface area contributed by atoms with Crippen molar-refractivity contribution in [1.82, 2.24) is 20.8 Å². The summed E-state index contributed by atoms with van der Waals surface area (Å²) in [5, 5.41) is 17.9. The summed E-state index contributed by atoms with van der Waals surface area (Å²) in [7, 11) is 0. The molecule has 8 heteroatoms. The van der Waals surface area contributed by atoms with E-state index < -0.39 is 0 Å². The molecule has 4 rings (SSSR count). The summed E-state index contributed by atoms with van der Waals surface area (Å²) in [4.78, 5) is 27.9. The first kappa shape index (κ1) is 27.8. The van der Waals surface area contributed by atoms with Gasteiger partial charge in [-0.2, -0.15) is 0 Å². The van der Waals surface area contributed by atoms with Crippen LogP contribution in [-0.4, -0.2) is 57.2 Å². The number of nitrogens with one attached hydrogen (secondary N) is 2. The summed E-state index contributed by atoms with van der Waals surface area (Å²) in [6.45, 7) is 9.29. The van der Waals surface area contributed by atoms with Crippen LogP contribution in [0.3, 0.4) is 0 Å². The third-order valence-corrected chi connectivity index (χ3v) is 7.70. The number of carbonyl (C=O) groups excluding carboxylic acids is 2. The fourth-order valence-corrected chi connectivity index (χ4v) is 4.97. The van der Waals surface area contributed by atoms with Crippen LogP contribution < -0.4 is 11.0 Å². The van der Waals surface area contributed by atoms with Crippen molar-refractivity contribution in [1.29, 1.82) is 0 Å². The second kappa shape index (κ2) is 13.0. The van der Waals surface area contributed by atoms with Gasteiger partial charge in [0.2, 0.25) is 11.8 Å². The molecule has 36 heavy (non-hydrogen) atoms. The van der Waals surface area contributed by atoms with Gasteiger partial charge in [-0.3, -0.25) is 9.59 Å². The molecule has 0 aromatic heterocycles. The Labute approximate surface area is 214 Å². The Morgan fingerprint density at radius 2 is 1.00 bits per heavy atom. The molecule has 2 heterocycles. The van der Waals surface area contributed by atoms with Crippen LogP contribution in [0.1, 0.15) is 63.7 Å². The quantitative estimate of drug-likeness (QED) is 0.413. The molecule has 2 fully saturated rings. The predicted molar refractivity (Wildman–Crippen MR) is 138 cm³/mol. The topological polar surface area (TPSA) is 105 Å². The Morgan fingerprint density at radius 3 is 1.31 bits per heavy atom. The average Bonchev–Trinajstić information content (AvgIpc) is 3.50. The van der Waals surface area contributed by atoms with Crippen molar-refractivity contribution in [3.63, 3.8) is 0 Å². The van der Waals surface area contributed by atoms with E-state index in [9.17, 15) is 9.59 Å². The Hall–Kier alpha value is -2.78. The molecule has 6 atom stereocenters. The van der Waals surface area contributed by atoms with E-state index in [0.29, 0.717) is 25.9 Å². The third kappa shape index (κ3) is 6.70. The van der Waals surface area contributed by atoms with Crippen LogP contribution in [0.15, 0.2) is 60.7 Å². The zero-order valence-corrected chi connectivity index (χ0v) is 21.7. The molecule has 0 saturated carbocycles. The van der Waals surface area contributed by atoms with Gasteiger partial charge in [-0.05, 0) is 38.8 Å². The highest BCUT2D eigenvalue weighted by atomic mass is 16.5. The van der Waals surface area contributed by atoms with Gasteiger partial charge in [-0.25, -0.2) is 11.0 Å². The van der Waals surface area contributed by atoms with E-state index in [1.165, 1.54) is 0 Å². The number of carbonyl (C=O) groups is 2. The van der Waals surface area contributed by atoms with Gasteiger partial charge in [-0.1, -0.05) is 60.7 Å². The number of likely N-dealkylation sites (tertiary alicyclic amines) is 2. The monoisotopic (exact) mass is 496 g/mol. The van der Waals surface area contributed by atoms with E-state index in [0.717, 1.165) is 11.1 Å².